The topological polar surface area (TPSA) is 45.1 Å². The average molecular weight is 480 g/mol. The molecule has 1 aromatic heterocycles. The van der Waals surface area contributed by atoms with Crippen LogP contribution < -0.4 is 10.5 Å². The van der Waals surface area contributed by atoms with Crippen molar-refractivity contribution in [2.24, 2.45) is 5.73 Å². The van der Waals surface area contributed by atoms with Gasteiger partial charge in [0, 0.05) is 6.54 Å². The van der Waals surface area contributed by atoms with E-state index in [-0.39, 0.29) is 0 Å². The Bertz CT molecular complexity index is 610. The number of nitrogens with two attached hydrogens (primary N) is 1. The predicted octanol–water partition coefficient (Wildman–Crippen LogP) is 3.19. The van der Waals surface area contributed by atoms with E-state index in [4.69, 9.17) is 10.5 Å². The molecule has 0 atom stereocenters. The van der Waals surface area contributed by atoms with E-state index in [9.17, 15) is 0 Å². The molecule has 0 amide bonds. The van der Waals surface area contributed by atoms with Crippen molar-refractivity contribution >= 4 is 0 Å². The average Bonchev–Trinajstić information content (AvgIpc) is 3.47. The van der Waals surface area contributed by atoms with Crippen LogP contribution in [0, 0.1) is 3.80 Å². The Morgan fingerprint density at radius 3 is 1.91 bits per heavy atom. The summed E-state index contributed by atoms with van der Waals surface area (Å²) in [5.74, 6) is 0.872. The molecule has 4 rings (SSSR count). The van der Waals surface area contributed by atoms with Crippen molar-refractivity contribution in [3.05, 3.63) is 46.0 Å². The first-order valence-electron chi connectivity index (χ1n) is 7.80. The molecule has 2 N–H and O–H groups in total. The third-order valence-corrected chi connectivity index (χ3v) is 5.23. The zero-order valence-electron chi connectivity index (χ0n) is 12.9. The summed E-state index contributed by atoms with van der Waals surface area (Å²) in [4.78, 5) is 0. The van der Waals surface area contributed by atoms with Gasteiger partial charge in [-0.2, -0.15) is 0 Å². The zero-order chi connectivity index (χ0) is 15.5. The molecule has 0 radical (unpaired) electrons. The summed E-state index contributed by atoms with van der Waals surface area (Å²) in [6, 6.07) is 9.39. The number of nitrogens with zero attached hydrogens (tertiary/aromatic N) is 2. The van der Waals surface area contributed by atoms with Gasteiger partial charge in [-0.3, -0.25) is 0 Å². The molecule has 0 unspecified atom stereocenters. The number of methoxy groups -OCH3 is 1. The Kier molecular flexibility index (Phi) is 4.99. The van der Waals surface area contributed by atoms with Gasteiger partial charge in [-0.25, -0.2) is 0 Å². The van der Waals surface area contributed by atoms with Crippen LogP contribution in [0.25, 0.3) is 0 Å². The van der Waals surface area contributed by atoms with Crippen LogP contribution in [0.3, 0.4) is 0 Å². The summed E-state index contributed by atoms with van der Waals surface area (Å²) in [6.45, 7) is 0.587. The van der Waals surface area contributed by atoms with Crippen LogP contribution in [0.1, 0.15) is 43.3 Å². The molecule has 2 fully saturated rings. The SMILES string of the molecule is COc1ccc(CN)cc1.[Pt]=[c]1n(C2CC2)ccn1C1CC1. The Morgan fingerprint density at radius 2 is 1.55 bits per heavy atom. The monoisotopic (exact) mass is 480 g/mol. The molecule has 1 heterocycles. The van der Waals surface area contributed by atoms with Crippen LogP contribution in [0.5, 0.6) is 5.75 Å². The van der Waals surface area contributed by atoms with Crippen molar-refractivity contribution in [1.82, 2.24) is 9.13 Å². The van der Waals surface area contributed by atoms with Crippen LogP contribution in [-0.4, -0.2) is 16.2 Å². The number of benzene rings is 1. The van der Waals surface area contributed by atoms with E-state index in [1.165, 1.54) is 29.5 Å². The Morgan fingerprint density at radius 1 is 1.05 bits per heavy atom. The maximum absolute atomic E-state index is 5.40. The minimum absolute atomic E-state index is 0.587. The molecule has 2 aliphatic carbocycles. The van der Waals surface area contributed by atoms with Crippen molar-refractivity contribution in [3.8, 4) is 5.75 Å². The van der Waals surface area contributed by atoms with Crippen molar-refractivity contribution in [3.63, 3.8) is 0 Å². The fourth-order valence-electron chi connectivity index (χ4n) is 2.38. The molecule has 0 aliphatic heterocycles. The van der Waals surface area contributed by atoms with E-state index in [1.54, 1.807) is 7.11 Å². The summed E-state index contributed by atoms with van der Waals surface area (Å²) in [5, 5.41) is 0. The predicted molar refractivity (Wildman–Crippen MR) is 83.1 cm³/mol. The molecular weight excluding hydrogens is 457 g/mol. The second-order valence-electron chi connectivity index (χ2n) is 5.87. The third kappa shape index (κ3) is 3.79. The van der Waals surface area contributed by atoms with E-state index >= 15 is 0 Å². The quantitative estimate of drug-likeness (QED) is 0.731. The van der Waals surface area contributed by atoms with Crippen LogP contribution >= 0.6 is 0 Å². The number of rotatable bonds is 4. The molecule has 5 heteroatoms. The van der Waals surface area contributed by atoms with Gasteiger partial charge in [-0.15, -0.1) is 0 Å². The molecule has 0 spiro atoms. The van der Waals surface area contributed by atoms with Gasteiger partial charge in [-0.1, -0.05) is 12.1 Å². The summed E-state index contributed by atoms with van der Waals surface area (Å²) in [5.41, 5.74) is 6.53. The first-order valence-corrected chi connectivity index (χ1v) is 8.94. The molecule has 0 saturated heterocycles. The molecule has 2 aliphatic rings. The summed E-state index contributed by atoms with van der Waals surface area (Å²) >= 11 is 2.46. The molecule has 2 saturated carbocycles. The molecular formula is C17H23N3OPt. The third-order valence-electron chi connectivity index (χ3n) is 4.06. The van der Waals surface area contributed by atoms with Gasteiger partial charge in [0.2, 0.25) is 0 Å². The summed E-state index contributed by atoms with van der Waals surface area (Å²) in [6.07, 6.45) is 10.0. The number of ether oxygens (including phenoxy) is 1. The van der Waals surface area contributed by atoms with Crippen LogP contribution in [0.15, 0.2) is 36.7 Å². The number of aromatic nitrogens is 2. The fraction of sp³-hybridized carbons (Fsp3) is 0.471. The van der Waals surface area contributed by atoms with Crippen LogP contribution in [0.4, 0.5) is 0 Å². The summed E-state index contributed by atoms with van der Waals surface area (Å²) < 4.78 is 11.3. The number of imidazole rings is 1. The van der Waals surface area contributed by atoms with Gasteiger partial charge in [0.25, 0.3) is 0 Å². The van der Waals surface area contributed by atoms with Gasteiger partial charge in [0.05, 0.1) is 7.11 Å². The van der Waals surface area contributed by atoms with Gasteiger partial charge in [0.15, 0.2) is 0 Å². The molecule has 1 aromatic carbocycles. The fourth-order valence-corrected chi connectivity index (χ4v) is 3.55. The first-order chi connectivity index (χ1) is 10.7. The molecule has 0 bridgehead atoms. The normalized spacial score (nSPS) is 16.9. The van der Waals surface area contributed by atoms with E-state index in [1.807, 2.05) is 24.3 Å². The van der Waals surface area contributed by atoms with Crippen molar-refractivity contribution in [2.75, 3.05) is 7.11 Å². The second-order valence-corrected chi connectivity index (χ2v) is 6.88. The van der Waals surface area contributed by atoms with E-state index in [0.29, 0.717) is 6.54 Å². The van der Waals surface area contributed by atoms with E-state index in [0.717, 1.165) is 23.4 Å². The van der Waals surface area contributed by atoms with Gasteiger partial charge in [0.1, 0.15) is 5.75 Å². The standard InChI is InChI=1S/C9H12N2.C8H11NO.Pt/c1-2-8(1)10-5-6-11(7-10)9-3-4-9;1-10-8-4-2-7(6-9)3-5-8;/h5-6,8-9H,1-4H2;2-5H,6,9H2,1H3;. The Hall–Kier alpha value is -1.12. The Labute approximate surface area is 142 Å². The van der Waals surface area contributed by atoms with Gasteiger partial charge < -0.3 is 10.5 Å². The second kappa shape index (κ2) is 6.97. The molecule has 122 valence electrons. The molecule has 2 aromatic rings. The number of hydrogen-bond donors (Lipinski definition) is 1. The number of hydrogen-bond acceptors (Lipinski definition) is 2. The van der Waals surface area contributed by atoms with Gasteiger partial charge >= 0.3 is 82.5 Å². The summed E-state index contributed by atoms with van der Waals surface area (Å²) in [7, 11) is 1.65. The maximum atomic E-state index is 5.40. The van der Waals surface area contributed by atoms with Gasteiger partial charge in [-0.05, 0) is 17.7 Å². The minimum atomic E-state index is 0.587. The Balaban J connectivity index is 0.000000134. The van der Waals surface area contributed by atoms with Crippen LogP contribution in [-0.2, 0) is 25.9 Å². The van der Waals surface area contributed by atoms with Crippen molar-refractivity contribution in [2.45, 2.75) is 44.3 Å². The molecule has 22 heavy (non-hydrogen) atoms. The zero-order valence-corrected chi connectivity index (χ0v) is 15.1. The van der Waals surface area contributed by atoms with E-state index < -0.39 is 0 Å². The van der Waals surface area contributed by atoms with E-state index in [2.05, 4.69) is 40.9 Å². The first kappa shape index (κ1) is 15.8. The van der Waals surface area contributed by atoms with Crippen molar-refractivity contribution in [1.29, 1.82) is 0 Å². The molecule has 4 nitrogen and oxygen atoms in total. The van der Waals surface area contributed by atoms with Crippen molar-refractivity contribution < 1.29 is 24.1 Å². The van der Waals surface area contributed by atoms with Crippen LogP contribution in [0.2, 0.25) is 0 Å².